The van der Waals surface area contributed by atoms with Crippen LogP contribution in [-0.2, 0) is 6.54 Å². The summed E-state index contributed by atoms with van der Waals surface area (Å²) in [7, 11) is 1.64. The van der Waals surface area contributed by atoms with Crippen LogP contribution < -0.4 is 15.2 Å². The van der Waals surface area contributed by atoms with Crippen molar-refractivity contribution in [3.63, 3.8) is 0 Å². The molecule has 7 heteroatoms. The number of methoxy groups -OCH3 is 1. The standard InChI is InChI=1S/C17H20N4O3/c1-23-15-8-13(5-4-12(15)11-21-6-2-3-7-21)24-16-10-19-9-14(20-16)17(18)22/h4-5,8-10H,2-3,6-7,11H2,1H3,(H2,18,22). The predicted octanol–water partition coefficient (Wildman–Crippen LogP) is 1.97. The predicted molar refractivity (Wildman–Crippen MR) is 88.1 cm³/mol. The largest absolute Gasteiger partial charge is 0.496 e. The number of likely N-dealkylation sites (tertiary alicyclic amines) is 1. The van der Waals surface area contributed by atoms with Crippen LogP contribution in [-0.4, -0.2) is 41.0 Å². The first-order valence-electron chi connectivity index (χ1n) is 7.84. The van der Waals surface area contributed by atoms with Gasteiger partial charge in [-0.1, -0.05) is 6.07 Å². The highest BCUT2D eigenvalue weighted by Gasteiger charge is 2.15. The highest BCUT2D eigenvalue weighted by molar-refractivity contribution is 5.90. The molecule has 0 saturated carbocycles. The number of ether oxygens (including phenoxy) is 2. The fourth-order valence-corrected chi connectivity index (χ4v) is 2.74. The fraction of sp³-hybridized carbons (Fsp3) is 0.353. The van der Waals surface area contributed by atoms with E-state index >= 15 is 0 Å². The Bertz CT molecular complexity index is 730. The normalized spacial score (nSPS) is 14.5. The maximum atomic E-state index is 11.2. The summed E-state index contributed by atoms with van der Waals surface area (Å²) in [6.45, 7) is 3.11. The molecule has 1 fully saturated rings. The molecule has 3 rings (SSSR count). The molecule has 0 atom stereocenters. The molecule has 0 spiro atoms. The van der Waals surface area contributed by atoms with E-state index in [1.807, 2.05) is 18.2 Å². The lowest BCUT2D eigenvalue weighted by atomic mass is 10.2. The van der Waals surface area contributed by atoms with E-state index in [4.69, 9.17) is 15.2 Å². The summed E-state index contributed by atoms with van der Waals surface area (Å²) >= 11 is 0. The molecule has 1 aliphatic rings. The van der Waals surface area contributed by atoms with Crippen LogP contribution >= 0.6 is 0 Å². The molecule has 2 aromatic rings. The number of carbonyl (C=O) groups excluding carboxylic acids is 1. The molecule has 1 saturated heterocycles. The second-order valence-corrected chi connectivity index (χ2v) is 5.67. The molecule has 2 N–H and O–H groups in total. The van der Waals surface area contributed by atoms with Gasteiger partial charge >= 0.3 is 0 Å². The van der Waals surface area contributed by atoms with Crippen molar-refractivity contribution in [1.29, 1.82) is 0 Å². The molecule has 2 heterocycles. The van der Waals surface area contributed by atoms with Crippen molar-refractivity contribution in [3.05, 3.63) is 41.9 Å². The Hall–Kier alpha value is -2.67. The van der Waals surface area contributed by atoms with Gasteiger partial charge in [-0.3, -0.25) is 14.7 Å². The summed E-state index contributed by atoms with van der Waals surface area (Å²) in [6, 6.07) is 5.65. The minimum absolute atomic E-state index is 0.0603. The van der Waals surface area contributed by atoms with Crippen molar-refractivity contribution in [3.8, 4) is 17.4 Å². The summed E-state index contributed by atoms with van der Waals surface area (Å²) in [6.07, 6.45) is 5.22. The third-order valence-corrected chi connectivity index (χ3v) is 3.94. The monoisotopic (exact) mass is 328 g/mol. The van der Waals surface area contributed by atoms with E-state index in [2.05, 4.69) is 14.9 Å². The second-order valence-electron chi connectivity index (χ2n) is 5.67. The number of benzene rings is 1. The van der Waals surface area contributed by atoms with Crippen molar-refractivity contribution < 1.29 is 14.3 Å². The van der Waals surface area contributed by atoms with Crippen LogP contribution in [0.2, 0.25) is 0 Å². The zero-order valence-electron chi connectivity index (χ0n) is 13.6. The van der Waals surface area contributed by atoms with Gasteiger partial charge in [0.25, 0.3) is 5.91 Å². The molecular weight excluding hydrogens is 308 g/mol. The Balaban J connectivity index is 1.76. The number of aromatic nitrogens is 2. The van der Waals surface area contributed by atoms with Gasteiger partial charge in [0.1, 0.15) is 17.2 Å². The molecule has 1 aromatic carbocycles. The van der Waals surface area contributed by atoms with Crippen LogP contribution in [0.5, 0.6) is 17.4 Å². The lowest BCUT2D eigenvalue weighted by molar-refractivity contribution is 0.0994. The van der Waals surface area contributed by atoms with E-state index in [0.29, 0.717) is 5.75 Å². The average molecular weight is 328 g/mol. The first-order chi connectivity index (χ1) is 11.7. The van der Waals surface area contributed by atoms with Gasteiger partial charge in [-0.25, -0.2) is 4.98 Å². The number of hydrogen-bond acceptors (Lipinski definition) is 6. The van der Waals surface area contributed by atoms with Gasteiger partial charge < -0.3 is 15.2 Å². The van der Waals surface area contributed by atoms with Crippen molar-refractivity contribution in [2.75, 3.05) is 20.2 Å². The molecule has 0 unspecified atom stereocenters. The summed E-state index contributed by atoms with van der Waals surface area (Å²) in [5, 5.41) is 0. The van der Waals surface area contributed by atoms with Crippen LogP contribution in [0.25, 0.3) is 0 Å². The first-order valence-corrected chi connectivity index (χ1v) is 7.84. The molecule has 1 amide bonds. The lowest BCUT2D eigenvalue weighted by Crippen LogP contribution is -2.18. The summed E-state index contributed by atoms with van der Waals surface area (Å²) in [4.78, 5) is 21.5. The van der Waals surface area contributed by atoms with Gasteiger partial charge in [-0.2, -0.15) is 0 Å². The SMILES string of the molecule is COc1cc(Oc2cncc(C(N)=O)n2)ccc1CN1CCCC1. The molecule has 126 valence electrons. The van der Waals surface area contributed by atoms with Crippen molar-refractivity contribution >= 4 is 5.91 Å². The Kier molecular flexibility index (Phi) is 4.90. The third-order valence-electron chi connectivity index (χ3n) is 3.94. The quantitative estimate of drug-likeness (QED) is 0.872. The number of nitrogens with zero attached hydrogens (tertiary/aromatic N) is 3. The van der Waals surface area contributed by atoms with E-state index < -0.39 is 5.91 Å². The van der Waals surface area contributed by atoms with E-state index in [1.165, 1.54) is 25.2 Å². The third kappa shape index (κ3) is 3.80. The van der Waals surface area contributed by atoms with Crippen LogP contribution in [0.15, 0.2) is 30.6 Å². The fourth-order valence-electron chi connectivity index (χ4n) is 2.74. The highest BCUT2D eigenvalue weighted by atomic mass is 16.5. The number of carbonyl (C=O) groups is 1. The van der Waals surface area contributed by atoms with Crippen molar-refractivity contribution in [1.82, 2.24) is 14.9 Å². The molecule has 0 aliphatic carbocycles. The van der Waals surface area contributed by atoms with Crippen molar-refractivity contribution in [2.24, 2.45) is 5.73 Å². The highest BCUT2D eigenvalue weighted by Crippen LogP contribution is 2.29. The molecule has 1 aromatic heterocycles. The van der Waals surface area contributed by atoms with Crippen LogP contribution in [0, 0.1) is 0 Å². The molecule has 0 bridgehead atoms. The van der Waals surface area contributed by atoms with E-state index in [9.17, 15) is 4.79 Å². The number of nitrogens with two attached hydrogens (primary N) is 1. The van der Waals surface area contributed by atoms with Gasteiger partial charge in [-0.15, -0.1) is 0 Å². The summed E-state index contributed by atoms with van der Waals surface area (Å²) in [5.74, 6) is 0.887. The van der Waals surface area contributed by atoms with Gasteiger partial charge in [0.15, 0.2) is 0 Å². The molecule has 24 heavy (non-hydrogen) atoms. The summed E-state index contributed by atoms with van der Waals surface area (Å²) in [5.41, 5.74) is 6.37. The smallest absolute Gasteiger partial charge is 0.269 e. The minimum Gasteiger partial charge on any atom is -0.496 e. The zero-order chi connectivity index (χ0) is 16.9. The van der Waals surface area contributed by atoms with E-state index in [0.717, 1.165) is 30.9 Å². The Morgan fingerprint density at radius 1 is 1.29 bits per heavy atom. The van der Waals surface area contributed by atoms with E-state index in [1.54, 1.807) is 7.11 Å². The maximum absolute atomic E-state index is 11.2. The van der Waals surface area contributed by atoms with Crippen LogP contribution in [0.3, 0.4) is 0 Å². The Labute approximate surface area is 140 Å². The van der Waals surface area contributed by atoms with E-state index in [-0.39, 0.29) is 11.6 Å². The van der Waals surface area contributed by atoms with Gasteiger partial charge in [-0.05, 0) is 32.0 Å². The van der Waals surface area contributed by atoms with Crippen LogP contribution in [0.1, 0.15) is 28.9 Å². The first kappa shape index (κ1) is 16.2. The maximum Gasteiger partial charge on any atom is 0.269 e. The molecular formula is C17H20N4O3. The number of amides is 1. The average Bonchev–Trinajstić information content (AvgIpc) is 3.09. The topological polar surface area (TPSA) is 90.6 Å². The number of hydrogen-bond donors (Lipinski definition) is 1. The van der Waals surface area contributed by atoms with Gasteiger partial charge in [0, 0.05) is 18.2 Å². The molecule has 0 radical (unpaired) electrons. The zero-order valence-corrected chi connectivity index (χ0v) is 13.6. The number of primary amides is 1. The summed E-state index contributed by atoms with van der Waals surface area (Å²) < 4.78 is 11.1. The Morgan fingerprint density at radius 3 is 2.79 bits per heavy atom. The molecule has 7 nitrogen and oxygen atoms in total. The number of rotatable bonds is 6. The van der Waals surface area contributed by atoms with Gasteiger partial charge in [0.2, 0.25) is 5.88 Å². The van der Waals surface area contributed by atoms with Crippen molar-refractivity contribution in [2.45, 2.75) is 19.4 Å². The molecule has 1 aliphatic heterocycles. The lowest BCUT2D eigenvalue weighted by Gasteiger charge is -2.17. The second kappa shape index (κ2) is 7.27. The van der Waals surface area contributed by atoms with Crippen LogP contribution in [0.4, 0.5) is 0 Å². The Morgan fingerprint density at radius 2 is 2.08 bits per heavy atom. The minimum atomic E-state index is -0.647. The van der Waals surface area contributed by atoms with Gasteiger partial charge in [0.05, 0.1) is 19.5 Å².